The molecule has 0 radical (unpaired) electrons. The molecule has 0 bridgehead atoms. The number of aromatic nitrogens is 4. The summed E-state index contributed by atoms with van der Waals surface area (Å²) in [6.45, 7) is -20.8. The number of hydrogen-bond acceptors (Lipinski definition) is 2. The van der Waals surface area contributed by atoms with Gasteiger partial charge in [-0.15, -0.1) is 0 Å². The van der Waals surface area contributed by atoms with Crippen LogP contribution in [0.3, 0.4) is 0 Å². The second-order valence-corrected chi connectivity index (χ2v) is 17.0. The Kier molecular flexibility index (Phi) is 4.57. The monoisotopic (exact) mass is 875 g/mol. The molecular formula is C60H54N4O. The maximum atomic E-state index is 10.4. The number of fused-ring (bicyclic) bond motifs is 10. The van der Waals surface area contributed by atoms with Gasteiger partial charge in [0.2, 0.25) is 0 Å². The summed E-state index contributed by atoms with van der Waals surface area (Å²) in [7, 11) is 0. The van der Waals surface area contributed by atoms with Crippen LogP contribution in [0.1, 0.15) is 117 Å². The summed E-state index contributed by atoms with van der Waals surface area (Å²) < 4.78 is 269. The Labute approximate surface area is 421 Å². The van der Waals surface area contributed by atoms with Gasteiger partial charge in [0.1, 0.15) is 17.3 Å². The highest BCUT2D eigenvalue weighted by atomic mass is 16.5. The van der Waals surface area contributed by atoms with E-state index in [2.05, 4.69) is 27.1 Å². The minimum absolute atomic E-state index is 0.0400. The molecule has 7 aromatic carbocycles. The van der Waals surface area contributed by atoms with Gasteiger partial charge in [0.05, 0.1) is 47.1 Å². The molecule has 0 amide bonds. The molecule has 0 spiro atoms. The molecule has 65 heavy (non-hydrogen) atoms. The SMILES string of the molecule is [2H]c1c([2H])c([2H])c2c(c1[2H])-c1c([2H])c([2H])c([2H])c([2H])c1-c1cccc3c1[n+]([c-]n3-c1cccc(Oc3ccc4c5ccccc5n(-c5cc(C(C)(C)C)ccn5)c4c3)c1)-c1c-2c([2H])c(C(C([2H])([2H])[2H])(C([2H])([2H])[2H])C([2H])([2H])[2H])c([2H])c1C(C([2H])([2H])[2H])(C([2H])([2H])[2H])C([2H])([2H])[2H]. The van der Waals surface area contributed by atoms with Gasteiger partial charge in [-0.2, -0.15) is 0 Å². The molecule has 5 heteroatoms. The van der Waals surface area contributed by atoms with Gasteiger partial charge in [-0.25, -0.2) is 4.98 Å². The third kappa shape index (κ3) is 6.75. The van der Waals surface area contributed by atoms with E-state index in [0.717, 1.165) is 21.9 Å². The Bertz CT molecular complexity index is 4730. The van der Waals surface area contributed by atoms with Gasteiger partial charge >= 0.3 is 0 Å². The van der Waals surface area contributed by atoms with E-state index in [1.165, 1.54) is 41.0 Å². The first-order valence-corrected chi connectivity index (χ1v) is 20.5. The van der Waals surface area contributed by atoms with Crippen LogP contribution in [0.2, 0.25) is 0 Å². The minimum Gasteiger partial charge on any atom is -0.458 e. The number of pyridine rings is 1. The Morgan fingerprint density at radius 2 is 1.25 bits per heavy atom. The molecule has 320 valence electrons. The summed E-state index contributed by atoms with van der Waals surface area (Å²) in [6, 6.07) is 14.4. The lowest BCUT2D eigenvalue weighted by molar-refractivity contribution is -0.572. The van der Waals surface area contributed by atoms with Crippen molar-refractivity contribution in [1.29, 1.82) is 0 Å². The molecule has 0 aliphatic carbocycles. The van der Waals surface area contributed by atoms with Crippen LogP contribution in [0.5, 0.6) is 11.5 Å². The number of nitrogens with zero attached hydrogens (tertiary/aromatic N) is 4. The van der Waals surface area contributed by atoms with Gasteiger partial charge in [-0.3, -0.25) is 13.7 Å². The number of rotatable bonds is 4. The first-order chi connectivity index (χ1) is 42.8. The highest BCUT2D eigenvalue weighted by molar-refractivity contribution is 6.09. The van der Waals surface area contributed by atoms with Crippen LogP contribution in [-0.4, -0.2) is 14.1 Å². The molecule has 1 aliphatic heterocycles. The number of imidazole rings is 1. The molecule has 0 atom stereocenters. The molecule has 5 nitrogen and oxygen atoms in total. The fraction of sp³-hybridized carbons (Fsp3) is 0.200. The molecule has 0 saturated heterocycles. The minimum atomic E-state index is -4.65. The standard InChI is InChI=1S/C60H54N4O/c1-58(2,3)38-30-31-61-55(34-38)64-52-26-15-14-24-47(52)48-29-28-42(36-54(48)64)65-41-19-16-18-40(35-41)62-37-63-56-50(32-39(59(4,5)6)33-51(56)60(7,8)9)46-23-13-11-21-44(46)43-20-10-12-22-45(43)49-25-17-27-53(62)57(49)63/h10-36H,1-9H3/i4D3,5D3,6D3,7D3,8D3,9D3,10D,11D,12D,13D,20D,21D,22D,23D,32D,33D. The molecule has 0 N–H and O–H groups in total. The molecule has 4 heterocycles. The highest BCUT2D eigenvalue weighted by Gasteiger charge is 2.31. The van der Waals surface area contributed by atoms with Crippen molar-refractivity contribution in [3.05, 3.63) is 187 Å². The smallest absolute Gasteiger partial charge is 0.269 e. The number of hydrogen-bond donors (Lipinski definition) is 0. The van der Waals surface area contributed by atoms with E-state index >= 15 is 0 Å². The number of para-hydroxylation sites is 2. The van der Waals surface area contributed by atoms with Gasteiger partial charge in [-0.05, 0) is 115 Å². The topological polar surface area (TPSA) is 35.9 Å². The van der Waals surface area contributed by atoms with Crippen LogP contribution in [0.4, 0.5) is 0 Å². The van der Waals surface area contributed by atoms with E-state index in [1.807, 2.05) is 47.0 Å². The Balaban J connectivity index is 1.35. The highest BCUT2D eigenvalue weighted by Crippen LogP contribution is 2.46. The van der Waals surface area contributed by atoms with Gasteiger partial charge in [0.15, 0.2) is 0 Å². The zero-order valence-corrected chi connectivity index (χ0v) is 35.0. The molecule has 1 aliphatic rings. The van der Waals surface area contributed by atoms with Gasteiger partial charge in [-0.1, -0.05) is 165 Å². The summed E-state index contributed by atoms with van der Waals surface area (Å²) in [4.78, 5) is 4.77. The van der Waals surface area contributed by atoms with Crippen molar-refractivity contribution < 1.29 is 47.7 Å². The van der Waals surface area contributed by atoms with Crippen molar-refractivity contribution >= 4 is 32.8 Å². The molecule has 3 aromatic heterocycles. The fourth-order valence-corrected chi connectivity index (χ4v) is 8.58. The molecular weight excluding hydrogens is 793 g/mol. The molecule has 0 fully saturated rings. The van der Waals surface area contributed by atoms with Crippen molar-refractivity contribution in [1.82, 2.24) is 14.1 Å². The lowest BCUT2D eigenvalue weighted by Gasteiger charge is -2.30. The average Bonchev–Trinajstić information content (AvgIpc) is 1.51. The van der Waals surface area contributed by atoms with E-state index in [9.17, 15) is 20.6 Å². The molecule has 0 saturated carbocycles. The van der Waals surface area contributed by atoms with Crippen molar-refractivity contribution in [2.45, 2.75) is 78.1 Å². The molecule has 11 rings (SSSR count). The lowest BCUT2D eigenvalue weighted by atomic mass is 9.77. The van der Waals surface area contributed by atoms with Crippen molar-refractivity contribution in [3.8, 4) is 62.1 Å². The Hall–Kier alpha value is -7.24. The first kappa shape index (κ1) is 20.3. The summed E-state index contributed by atoms with van der Waals surface area (Å²) in [6.07, 6.45) is 4.68. The van der Waals surface area contributed by atoms with E-state index in [4.69, 9.17) is 27.5 Å². The second-order valence-electron chi connectivity index (χ2n) is 17.0. The van der Waals surface area contributed by atoms with Crippen LogP contribution in [-0.2, 0) is 16.2 Å². The lowest BCUT2D eigenvalue weighted by Crippen LogP contribution is -2.35. The zero-order chi connectivity index (χ0) is 68.7. The summed E-state index contributed by atoms with van der Waals surface area (Å²) >= 11 is 0. The predicted octanol–water partition coefficient (Wildman–Crippen LogP) is 15.2. The summed E-state index contributed by atoms with van der Waals surface area (Å²) in [5.74, 6) is 1.02. The third-order valence-electron chi connectivity index (χ3n) is 11.6. The first-order valence-electron chi connectivity index (χ1n) is 34.5. The van der Waals surface area contributed by atoms with Crippen molar-refractivity contribution in [2.24, 2.45) is 0 Å². The van der Waals surface area contributed by atoms with E-state index in [0.29, 0.717) is 21.7 Å². The summed E-state index contributed by atoms with van der Waals surface area (Å²) in [5, 5.41) is 1.75. The number of ether oxygens (including phenoxy) is 1. The van der Waals surface area contributed by atoms with Gasteiger partial charge < -0.3 is 4.74 Å². The van der Waals surface area contributed by atoms with Crippen LogP contribution in [0, 0.1) is 6.33 Å². The molecule has 0 unspecified atom stereocenters. The van der Waals surface area contributed by atoms with Crippen LogP contribution >= 0.6 is 0 Å². The average molecular weight is 875 g/mol. The Morgan fingerprint density at radius 1 is 0.585 bits per heavy atom. The maximum absolute atomic E-state index is 10.4. The van der Waals surface area contributed by atoms with Crippen molar-refractivity contribution in [3.63, 3.8) is 0 Å². The third-order valence-corrected chi connectivity index (χ3v) is 11.6. The maximum Gasteiger partial charge on any atom is 0.269 e. The van der Waals surface area contributed by atoms with E-state index < -0.39 is 163 Å². The normalized spacial score (nSPS) is 20.1. The fourth-order valence-electron chi connectivity index (χ4n) is 8.58. The van der Waals surface area contributed by atoms with E-state index in [1.54, 1.807) is 24.4 Å². The largest absolute Gasteiger partial charge is 0.458 e. The van der Waals surface area contributed by atoms with Crippen molar-refractivity contribution in [2.75, 3.05) is 0 Å². The number of benzene rings is 7. The van der Waals surface area contributed by atoms with E-state index in [-0.39, 0.29) is 27.9 Å². The Morgan fingerprint density at radius 3 is 1.98 bits per heavy atom. The quantitative estimate of drug-likeness (QED) is 0.130. The van der Waals surface area contributed by atoms with Gasteiger partial charge in [0.25, 0.3) is 6.33 Å². The van der Waals surface area contributed by atoms with Crippen LogP contribution in [0.25, 0.3) is 83.4 Å². The second kappa shape index (κ2) is 14.6. The van der Waals surface area contributed by atoms with Gasteiger partial charge in [0, 0.05) is 47.7 Å². The predicted molar refractivity (Wildman–Crippen MR) is 268 cm³/mol. The van der Waals surface area contributed by atoms with Crippen LogP contribution in [0.15, 0.2) is 164 Å². The summed E-state index contributed by atoms with van der Waals surface area (Å²) in [5.41, 5.74) is -18.2. The zero-order valence-electron chi connectivity index (χ0n) is 63.0. The molecule has 10 aromatic rings. The van der Waals surface area contributed by atoms with Crippen LogP contribution < -0.4 is 9.30 Å².